The molecule has 0 aliphatic heterocycles. The van der Waals surface area contributed by atoms with Crippen LogP contribution in [0.3, 0.4) is 0 Å². The molecule has 0 unspecified atom stereocenters. The van der Waals surface area contributed by atoms with Gasteiger partial charge in [0.15, 0.2) is 0 Å². The Morgan fingerprint density at radius 2 is 2.50 bits per heavy atom. The van der Waals surface area contributed by atoms with E-state index in [-0.39, 0.29) is 5.56 Å². The van der Waals surface area contributed by atoms with Gasteiger partial charge in [0.1, 0.15) is 0 Å². The summed E-state index contributed by atoms with van der Waals surface area (Å²) in [6.45, 7) is 2.33. The van der Waals surface area contributed by atoms with Crippen LogP contribution >= 0.6 is 0 Å². The van der Waals surface area contributed by atoms with E-state index in [1.165, 1.54) is 4.68 Å². The van der Waals surface area contributed by atoms with Crippen LogP contribution in [0.5, 0.6) is 0 Å². The number of aryl methyl sites for hydroxylation is 2. The molecule has 0 amide bonds. The topological polar surface area (TPSA) is 34.9 Å². The van der Waals surface area contributed by atoms with Gasteiger partial charge in [0.2, 0.25) is 0 Å². The summed E-state index contributed by atoms with van der Waals surface area (Å²) in [5, 5.41) is 3.92. The monoisotopic (exact) mass is 162 g/mol. The van der Waals surface area contributed by atoms with E-state index in [0.717, 1.165) is 5.56 Å². The molecule has 0 aliphatic carbocycles. The smallest absolute Gasteiger partial charge is 0.267 e. The molecule has 0 aliphatic rings. The summed E-state index contributed by atoms with van der Waals surface area (Å²) in [6, 6.07) is 1.55. The standard InChI is InChI=1S/C9H10N2O/c1-3-4-5-11-9(12)6-8(2)7-10-11/h1,6-7H,4-5H2,2H3. The lowest BCUT2D eigenvalue weighted by molar-refractivity contribution is 0.588. The third-order valence-corrected chi connectivity index (χ3v) is 1.47. The number of hydrogen-bond donors (Lipinski definition) is 0. The van der Waals surface area contributed by atoms with Gasteiger partial charge in [-0.3, -0.25) is 4.79 Å². The lowest BCUT2D eigenvalue weighted by Gasteiger charge is -1.99. The molecule has 0 spiro atoms. The van der Waals surface area contributed by atoms with Gasteiger partial charge in [-0.15, -0.1) is 12.3 Å². The first-order valence-electron chi connectivity index (χ1n) is 3.71. The molecule has 12 heavy (non-hydrogen) atoms. The number of aromatic nitrogens is 2. The van der Waals surface area contributed by atoms with Gasteiger partial charge in [0, 0.05) is 12.5 Å². The van der Waals surface area contributed by atoms with Crippen LogP contribution in [0.1, 0.15) is 12.0 Å². The Hall–Kier alpha value is -1.56. The highest BCUT2D eigenvalue weighted by atomic mass is 16.1. The number of hydrogen-bond acceptors (Lipinski definition) is 2. The quantitative estimate of drug-likeness (QED) is 0.596. The van der Waals surface area contributed by atoms with Crippen molar-refractivity contribution in [3.8, 4) is 12.3 Å². The highest BCUT2D eigenvalue weighted by molar-refractivity contribution is 5.02. The Bertz CT molecular complexity index is 360. The van der Waals surface area contributed by atoms with Gasteiger partial charge in [0.25, 0.3) is 5.56 Å². The Kier molecular flexibility index (Phi) is 2.65. The Morgan fingerprint density at radius 3 is 3.08 bits per heavy atom. The molecule has 0 bridgehead atoms. The molecule has 1 heterocycles. The summed E-state index contributed by atoms with van der Waals surface area (Å²) in [5.74, 6) is 2.46. The fourth-order valence-electron chi connectivity index (χ4n) is 0.863. The largest absolute Gasteiger partial charge is 0.268 e. The van der Waals surface area contributed by atoms with Crippen LogP contribution in [-0.2, 0) is 6.54 Å². The maximum Gasteiger partial charge on any atom is 0.267 e. The third-order valence-electron chi connectivity index (χ3n) is 1.47. The van der Waals surface area contributed by atoms with Crippen LogP contribution in [0.2, 0.25) is 0 Å². The molecule has 0 aromatic carbocycles. The van der Waals surface area contributed by atoms with Gasteiger partial charge in [-0.25, -0.2) is 4.68 Å². The predicted molar refractivity (Wildman–Crippen MR) is 46.7 cm³/mol. The van der Waals surface area contributed by atoms with E-state index >= 15 is 0 Å². The van der Waals surface area contributed by atoms with Crippen molar-refractivity contribution < 1.29 is 0 Å². The van der Waals surface area contributed by atoms with Crippen molar-refractivity contribution in [1.29, 1.82) is 0 Å². The van der Waals surface area contributed by atoms with Crippen LogP contribution in [-0.4, -0.2) is 9.78 Å². The molecule has 0 N–H and O–H groups in total. The first-order valence-corrected chi connectivity index (χ1v) is 3.71. The maximum absolute atomic E-state index is 11.2. The van der Waals surface area contributed by atoms with Crippen molar-refractivity contribution in [2.45, 2.75) is 19.9 Å². The summed E-state index contributed by atoms with van der Waals surface area (Å²) in [4.78, 5) is 11.2. The number of nitrogens with zero attached hydrogens (tertiary/aromatic N) is 2. The molecule has 0 fully saturated rings. The average molecular weight is 162 g/mol. The molecule has 0 saturated carbocycles. The molecule has 3 nitrogen and oxygen atoms in total. The molecule has 3 heteroatoms. The van der Waals surface area contributed by atoms with E-state index in [1.807, 2.05) is 6.92 Å². The second kappa shape index (κ2) is 3.72. The summed E-state index contributed by atoms with van der Waals surface area (Å²) in [7, 11) is 0. The predicted octanol–water partition coefficient (Wildman–Crippen LogP) is 0.575. The normalized spacial score (nSPS) is 9.33. The van der Waals surface area contributed by atoms with Gasteiger partial charge in [-0.05, 0) is 12.5 Å². The lowest BCUT2D eigenvalue weighted by Crippen LogP contribution is -2.21. The fraction of sp³-hybridized carbons (Fsp3) is 0.333. The van der Waals surface area contributed by atoms with Gasteiger partial charge >= 0.3 is 0 Å². The molecule has 1 aromatic rings. The van der Waals surface area contributed by atoms with E-state index in [2.05, 4.69) is 11.0 Å². The molecular weight excluding hydrogens is 152 g/mol. The summed E-state index contributed by atoms with van der Waals surface area (Å²) in [6.07, 6.45) is 7.25. The number of rotatable bonds is 2. The fourth-order valence-corrected chi connectivity index (χ4v) is 0.863. The van der Waals surface area contributed by atoms with E-state index in [1.54, 1.807) is 12.3 Å². The summed E-state index contributed by atoms with van der Waals surface area (Å²) < 4.78 is 1.37. The lowest BCUT2D eigenvalue weighted by atomic mass is 10.3. The van der Waals surface area contributed by atoms with Gasteiger partial charge in [-0.2, -0.15) is 5.10 Å². The van der Waals surface area contributed by atoms with Crippen molar-refractivity contribution in [2.75, 3.05) is 0 Å². The van der Waals surface area contributed by atoms with E-state index < -0.39 is 0 Å². The minimum absolute atomic E-state index is 0.0924. The second-order valence-electron chi connectivity index (χ2n) is 2.55. The van der Waals surface area contributed by atoms with Gasteiger partial charge in [-0.1, -0.05) is 0 Å². The van der Waals surface area contributed by atoms with E-state index in [4.69, 9.17) is 6.42 Å². The van der Waals surface area contributed by atoms with Crippen LogP contribution < -0.4 is 5.56 Å². The zero-order valence-electron chi connectivity index (χ0n) is 6.95. The van der Waals surface area contributed by atoms with Crippen LogP contribution in [0.25, 0.3) is 0 Å². The molecule has 1 aromatic heterocycles. The van der Waals surface area contributed by atoms with Crippen molar-refractivity contribution in [2.24, 2.45) is 0 Å². The van der Waals surface area contributed by atoms with Crippen LogP contribution in [0, 0.1) is 19.3 Å². The van der Waals surface area contributed by atoms with Crippen LogP contribution in [0.4, 0.5) is 0 Å². The molecule has 0 radical (unpaired) electrons. The minimum Gasteiger partial charge on any atom is -0.268 e. The van der Waals surface area contributed by atoms with Gasteiger partial charge < -0.3 is 0 Å². The Labute approximate surface area is 71.0 Å². The zero-order chi connectivity index (χ0) is 8.97. The summed E-state index contributed by atoms with van der Waals surface area (Å²) in [5.41, 5.74) is 0.780. The van der Waals surface area contributed by atoms with E-state index in [0.29, 0.717) is 13.0 Å². The zero-order valence-corrected chi connectivity index (χ0v) is 6.95. The van der Waals surface area contributed by atoms with Crippen LogP contribution in [0.15, 0.2) is 17.1 Å². The maximum atomic E-state index is 11.2. The molecular formula is C9H10N2O. The van der Waals surface area contributed by atoms with Crippen molar-refractivity contribution in [3.63, 3.8) is 0 Å². The first kappa shape index (κ1) is 8.54. The molecule has 0 atom stereocenters. The second-order valence-corrected chi connectivity index (χ2v) is 2.55. The molecule has 62 valence electrons. The average Bonchev–Trinajstić information content (AvgIpc) is 2.03. The highest BCUT2D eigenvalue weighted by Gasteiger charge is 1.94. The minimum atomic E-state index is -0.0924. The van der Waals surface area contributed by atoms with Crippen molar-refractivity contribution in [3.05, 3.63) is 28.2 Å². The third kappa shape index (κ3) is 1.96. The molecule has 0 saturated heterocycles. The first-order chi connectivity index (χ1) is 5.74. The van der Waals surface area contributed by atoms with Crippen molar-refractivity contribution >= 4 is 0 Å². The van der Waals surface area contributed by atoms with Gasteiger partial charge in [0.05, 0.1) is 12.7 Å². The van der Waals surface area contributed by atoms with E-state index in [9.17, 15) is 4.79 Å². The Morgan fingerprint density at radius 1 is 1.75 bits per heavy atom. The Balaban J connectivity index is 2.89. The summed E-state index contributed by atoms with van der Waals surface area (Å²) >= 11 is 0. The molecule has 1 rings (SSSR count). The SMILES string of the molecule is C#CCCn1ncc(C)cc1=O. The highest BCUT2D eigenvalue weighted by Crippen LogP contribution is 1.87. The number of terminal acetylenes is 1. The van der Waals surface area contributed by atoms with Crippen molar-refractivity contribution in [1.82, 2.24) is 9.78 Å².